The second kappa shape index (κ2) is 4.83. The van der Waals surface area contributed by atoms with Crippen molar-refractivity contribution in [3.63, 3.8) is 0 Å². The van der Waals surface area contributed by atoms with Crippen molar-refractivity contribution in [2.45, 2.75) is 32.6 Å². The summed E-state index contributed by atoms with van der Waals surface area (Å²) in [6.45, 7) is 4.36. The van der Waals surface area contributed by atoms with Crippen LogP contribution in [0.4, 0.5) is 0 Å². The molecule has 1 aliphatic rings. The molecular formula is C12H15ClN2O. The Hall–Kier alpha value is -1.09. The van der Waals surface area contributed by atoms with Crippen LogP contribution in [0.25, 0.3) is 0 Å². The quantitative estimate of drug-likeness (QED) is 0.597. The molecule has 0 unspecified atom stereocenters. The molecule has 1 saturated carbocycles. The van der Waals surface area contributed by atoms with Gasteiger partial charge in [0.2, 0.25) is 5.88 Å². The highest BCUT2D eigenvalue weighted by molar-refractivity contribution is 6.30. The van der Waals surface area contributed by atoms with Crippen LogP contribution in [-0.4, -0.2) is 16.6 Å². The number of aromatic nitrogens is 2. The molecule has 2 rings (SSSR count). The van der Waals surface area contributed by atoms with E-state index < -0.39 is 0 Å². The molecule has 0 atom stereocenters. The van der Waals surface area contributed by atoms with Gasteiger partial charge < -0.3 is 4.74 Å². The fourth-order valence-corrected chi connectivity index (χ4v) is 1.54. The van der Waals surface area contributed by atoms with Gasteiger partial charge in [0.05, 0.1) is 0 Å². The fraction of sp³-hybridized carbons (Fsp3) is 0.500. The van der Waals surface area contributed by atoms with Gasteiger partial charge in [-0.05, 0) is 26.7 Å². The molecule has 1 heterocycles. The van der Waals surface area contributed by atoms with Crippen LogP contribution in [-0.2, 0) is 0 Å². The summed E-state index contributed by atoms with van der Waals surface area (Å²) >= 11 is 6.05. The van der Waals surface area contributed by atoms with E-state index in [-0.39, 0.29) is 0 Å². The molecule has 0 amide bonds. The zero-order valence-corrected chi connectivity index (χ0v) is 10.3. The first-order valence-corrected chi connectivity index (χ1v) is 5.88. The lowest BCUT2D eigenvalue weighted by atomic mass is 10.3. The summed E-state index contributed by atoms with van der Waals surface area (Å²) < 4.78 is 5.55. The highest BCUT2D eigenvalue weighted by atomic mass is 35.5. The summed E-state index contributed by atoms with van der Waals surface area (Å²) in [5.41, 5.74) is 0.815. The van der Waals surface area contributed by atoms with Gasteiger partial charge in [0.1, 0.15) is 17.6 Å². The second-order valence-electron chi connectivity index (χ2n) is 3.96. The van der Waals surface area contributed by atoms with Crippen molar-refractivity contribution in [2.24, 2.45) is 0 Å². The van der Waals surface area contributed by atoms with E-state index in [4.69, 9.17) is 16.3 Å². The van der Waals surface area contributed by atoms with Crippen molar-refractivity contribution < 1.29 is 4.74 Å². The molecule has 4 heteroatoms. The summed E-state index contributed by atoms with van der Waals surface area (Å²) in [6, 6.07) is 0. The molecule has 1 aromatic heterocycles. The van der Waals surface area contributed by atoms with E-state index in [1.165, 1.54) is 0 Å². The van der Waals surface area contributed by atoms with Gasteiger partial charge >= 0.3 is 0 Å². The Morgan fingerprint density at radius 3 is 2.81 bits per heavy atom. The molecule has 0 aromatic carbocycles. The lowest BCUT2D eigenvalue weighted by molar-refractivity contribution is 0.343. The predicted molar refractivity (Wildman–Crippen MR) is 64.1 cm³/mol. The Morgan fingerprint density at radius 2 is 2.19 bits per heavy atom. The molecule has 0 spiro atoms. The van der Waals surface area contributed by atoms with Gasteiger partial charge in [-0.2, -0.15) is 4.98 Å². The summed E-state index contributed by atoms with van der Waals surface area (Å²) in [6.07, 6.45) is 6.20. The minimum Gasteiger partial charge on any atom is -0.473 e. The number of hydrogen-bond acceptors (Lipinski definition) is 3. The third kappa shape index (κ3) is 2.53. The van der Waals surface area contributed by atoms with Crippen LogP contribution >= 0.6 is 11.6 Å². The van der Waals surface area contributed by atoms with Crippen LogP contribution in [0.1, 0.15) is 37.1 Å². The number of nitrogens with zero attached hydrogens (tertiary/aromatic N) is 2. The van der Waals surface area contributed by atoms with Gasteiger partial charge in [0.25, 0.3) is 0 Å². The molecule has 0 N–H and O–H groups in total. The largest absolute Gasteiger partial charge is 0.473 e. The Balaban J connectivity index is 2.20. The van der Waals surface area contributed by atoms with Crippen LogP contribution in [0.5, 0.6) is 5.88 Å². The van der Waals surface area contributed by atoms with Crippen molar-refractivity contribution in [1.29, 1.82) is 0 Å². The van der Waals surface area contributed by atoms with Gasteiger partial charge in [-0.15, -0.1) is 0 Å². The minimum absolute atomic E-state index is 0.488. The van der Waals surface area contributed by atoms with Gasteiger partial charge in [0.15, 0.2) is 0 Å². The lowest BCUT2D eigenvalue weighted by Crippen LogP contribution is -2.03. The third-order valence-electron chi connectivity index (χ3n) is 2.55. The third-order valence-corrected chi connectivity index (χ3v) is 2.92. The van der Waals surface area contributed by atoms with Crippen molar-refractivity contribution in [2.75, 3.05) is 6.61 Å². The van der Waals surface area contributed by atoms with Gasteiger partial charge in [-0.25, -0.2) is 4.98 Å². The van der Waals surface area contributed by atoms with E-state index >= 15 is 0 Å². The number of halogens is 1. The highest BCUT2D eigenvalue weighted by Crippen LogP contribution is 2.39. The summed E-state index contributed by atoms with van der Waals surface area (Å²) in [5, 5.41) is 0.507. The summed E-state index contributed by atoms with van der Waals surface area (Å²) in [7, 11) is 0. The van der Waals surface area contributed by atoms with E-state index in [2.05, 4.69) is 9.97 Å². The van der Waals surface area contributed by atoms with E-state index in [1.54, 1.807) is 0 Å². The van der Waals surface area contributed by atoms with Crippen LogP contribution in [0.2, 0.25) is 5.15 Å². The maximum atomic E-state index is 6.05. The van der Waals surface area contributed by atoms with E-state index in [1.807, 2.05) is 26.0 Å². The van der Waals surface area contributed by atoms with Crippen molar-refractivity contribution >= 4 is 11.6 Å². The first-order valence-electron chi connectivity index (χ1n) is 5.50. The average molecular weight is 239 g/mol. The van der Waals surface area contributed by atoms with Crippen molar-refractivity contribution in [1.82, 2.24) is 9.97 Å². The maximum absolute atomic E-state index is 6.05. The summed E-state index contributed by atoms with van der Waals surface area (Å²) in [5.74, 6) is 1.92. The first kappa shape index (κ1) is 11.4. The maximum Gasteiger partial charge on any atom is 0.221 e. The van der Waals surface area contributed by atoms with E-state index in [0.717, 1.165) is 24.2 Å². The van der Waals surface area contributed by atoms with Crippen molar-refractivity contribution in [3.8, 4) is 5.88 Å². The molecule has 16 heavy (non-hydrogen) atoms. The number of allylic oxidation sites excluding steroid dienone is 1. The Bertz CT molecular complexity index is 414. The lowest BCUT2D eigenvalue weighted by Gasteiger charge is -2.08. The summed E-state index contributed by atoms with van der Waals surface area (Å²) in [4.78, 5) is 8.70. The Morgan fingerprint density at radius 1 is 1.44 bits per heavy atom. The van der Waals surface area contributed by atoms with E-state index in [9.17, 15) is 0 Å². The molecular weight excluding hydrogens is 224 g/mol. The normalized spacial score (nSPS) is 15.7. The zero-order valence-electron chi connectivity index (χ0n) is 9.53. The first-order chi connectivity index (χ1) is 7.72. The van der Waals surface area contributed by atoms with Gasteiger partial charge in [-0.1, -0.05) is 23.8 Å². The molecule has 0 radical (unpaired) electrons. The average Bonchev–Trinajstić information content (AvgIpc) is 3.08. The fourth-order valence-electron chi connectivity index (χ4n) is 1.37. The molecule has 86 valence electrons. The van der Waals surface area contributed by atoms with E-state index in [0.29, 0.717) is 23.6 Å². The molecule has 3 nitrogen and oxygen atoms in total. The van der Waals surface area contributed by atoms with Crippen LogP contribution < -0.4 is 4.74 Å². The Labute approximate surface area is 101 Å². The minimum atomic E-state index is 0.488. The van der Waals surface area contributed by atoms with Crippen LogP contribution in [0, 0.1) is 6.92 Å². The zero-order chi connectivity index (χ0) is 11.5. The predicted octanol–water partition coefficient (Wildman–Crippen LogP) is 3.27. The smallest absolute Gasteiger partial charge is 0.221 e. The molecule has 1 aliphatic carbocycles. The molecule has 1 aromatic rings. The molecule has 0 aliphatic heterocycles. The molecule has 0 saturated heterocycles. The van der Waals surface area contributed by atoms with Crippen molar-refractivity contribution in [3.05, 3.63) is 28.7 Å². The Kier molecular flexibility index (Phi) is 3.44. The van der Waals surface area contributed by atoms with Crippen LogP contribution in [0.3, 0.4) is 0 Å². The van der Waals surface area contributed by atoms with Gasteiger partial charge in [-0.3, -0.25) is 0 Å². The second-order valence-corrected chi connectivity index (χ2v) is 4.32. The van der Waals surface area contributed by atoms with Gasteiger partial charge in [0, 0.05) is 11.5 Å². The standard InChI is InChI=1S/C12H15ClN2O/c1-3-4-7-16-12-8(2)10(13)14-11(15-12)9-5-6-9/h3-4,9H,5-7H2,1-2H3/b4-3+. The van der Waals surface area contributed by atoms with Crippen LogP contribution in [0.15, 0.2) is 12.2 Å². The monoisotopic (exact) mass is 238 g/mol. The topological polar surface area (TPSA) is 35.0 Å². The number of rotatable bonds is 4. The number of ether oxygens (including phenoxy) is 1. The molecule has 1 fully saturated rings. The number of hydrogen-bond donors (Lipinski definition) is 0. The molecule has 0 bridgehead atoms. The SMILES string of the molecule is C/C=C/COc1nc(C2CC2)nc(Cl)c1C. The highest BCUT2D eigenvalue weighted by Gasteiger charge is 2.28.